The van der Waals surface area contributed by atoms with E-state index in [1.165, 1.54) is 0 Å². The van der Waals surface area contributed by atoms with Crippen LogP contribution in [0.3, 0.4) is 0 Å². The molecule has 1 rings (SSSR count). The van der Waals surface area contributed by atoms with E-state index in [2.05, 4.69) is 0 Å². The van der Waals surface area contributed by atoms with Gasteiger partial charge in [0.2, 0.25) is 0 Å². The fraction of sp³-hybridized carbons (Fsp3) is 0.250. The molecule has 0 aliphatic rings. The highest BCUT2D eigenvalue weighted by Crippen LogP contribution is 2.29. The maximum absolute atomic E-state index is 12.8. The smallest absolute Gasteiger partial charge is 0.383 e. The molecular weight excluding hydrogens is 204 g/mol. The quantitative estimate of drug-likeness (QED) is 0.726. The lowest BCUT2D eigenvalue weighted by Crippen LogP contribution is -2.15. The summed E-state index contributed by atoms with van der Waals surface area (Å²) in [6.45, 7) is -0.806. The minimum absolute atomic E-state index is 0.449. The third-order valence-electron chi connectivity index (χ3n) is 1.66. The molecule has 0 amide bonds. The van der Waals surface area contributed by atoms with Crippen molar-refractivity contribution in [2.45, 2.75) is 12.7 Å². The first kappa shape index (κ1) is 10.9. The van der Waals surface area contributed by atoms with E-state index in [-0.39, 0.29) is 0 Å². The second kappa shape index (κ2) is 3.55. The number of hydrogen-bond acceptors (Lipinski definition) is 2. The number of aliphatic hydroxyl groups excluding tert-OH is 1. The number of benzene rings is 1. The largest absolute Gasteiger partial charge is 0.392 e. The van der Waals surface area contributed by atoms with Gasteiger partial charge in [0.1, 0.15) is 0 Å². The Morgan fingerprint density at radius 1 is 1.14 bits per heavy atom. The number of hydrogen-bond donors (Lipinski definition) is 2. The van der Waals surface area contributed by atoms with Crippen LogP contribution in [0.4, 0.5) is 17.6 Å². The lowest BCUT2D eigenvalue weighted by atomic mass is 10.1. The molecule has 0 spiro atoms. The van der Waals surface area contributed by atoms with Crippen LogP contribution in [0.2, 0.25) is 0 Å². The van der Waals surface area contributed by atoms with E-state index in [1.807, 2.05) is 0 Å². The van der Waals surface area contributed by atoms with Crippen LogP contribution in [0, 0.1) is 11.6 Å². The summed E-state index contributed by atoms with van der Waals surface area (Å²) in [5, 5.41) is 16.6. The Morgan fingerprint density at radius 2 is 1.71 bits per heavy atom. The highest BCUT2D eigenvalue weighted by atomic mass is 19.3. The van der Waals surface area contributed by atoms with Crippen molar-refractivity contribution >= 4 is 0 Å². The molecule has 0 aliphatic heterocycles. The molecule has 1 aromatic carbocycles. The van der Waals surface area contributed by atoms with Crippen molar-refractivity contribution < 1.29 is 27.8 Å². The molecule has 0 radical (unpaired) electrons. The standard InChI is InChI=1S/C8H6F4O2/c9-6-4(3-13)1-2-5(7(6)10)8(11,12)14/h1-2,13-14H,3H2. The predicted molar refractivity (Wildman–Crippen MR) is 38.4 cm³/mol. The van der Waals surface area contributed by atoms with Crippen molar-refractivity contribution in [1.82, 2.24) is 0 Å². The first-order valence-corrected chi connectivity index (χ1v) is 3.56. The SMILES string of the molecule is OCc1ccc(C(O)(F)F)c(F)c1F. The zero-order valence-corrected chi connectivity index (χ0v) is 6.77. The van der Waals surface area contributed by atoms with E-state index in [1.54, 1.807) is 0 Å². The van der Waals surface area contributed by atoms with Gasteiger partial charge in [-0.25, -0.2) is 8.78 Å². The van der Waals surface area contributed by atoms with E-state index in [0.29, 0.717) is 6.07 Å². The van der Waals surface area contributed by atoms with Gasteiger partial charge in [0, 0.05) is 5.56 Å². The van der Waals surface area contributed by atoms with Crippen molar-refractivity contribution in [2.75, 3.05) is 0 Å². The van der Waals surface area contributed by atoms with Crippen LogP contribution >= 0.6 is 0 Å². The molecule has 0 aromatic heterocycles. The van der Waals surface area contributed by atoms with Crippen LogP contribution in [0.5, 0.6) is 0 Å². The molecule has 14 heavy (non-hydrogen) atoms. The summed E-state index contributed by atoms with van der Waals surface area (Å²) in [4.78, 5) is 0. The van der Waals surface area contributed by atoms with Gasteiger partial charge in [-0.2, -0.15) is 8.78 Å². The zero-order valence-electron chi connectivity index (χ0n) is 6.77. The average Bonchev–Trinajstić information content (AvgIpc) is 2.07. The van der Waals surface area contributed by atoms with Gasteiger partial charge in [-0.15, -0.1) is 0 Å². The Balaban J connectivity index is 3.31. The Labute approximate surface area is 76.4 Å². The maximum atomic E-state index is 12.8. The molecule has 0 saturated carbocycles. The monoisotopic (exact) mass is 210 g/mol. The number of alkyl halides is 2. The van der Waals surface area contributed by atoms with Gasteiger partial charge >= 0.3 is 6.11 Å². The molecule has 0 fully saturated rings. The molecule has 0 unspecified atom stereocenters. The molecule has 0 aliphatic carbocycles. The summed E-state index contributed by atoms with van der Waals surface area (Å²) in [5.74, 6) is -3.44. The molecule has 1 aromatic rings. The fourth-order valence-electron chi connectivity index (χ4n) is 0.944. The summed E-state index contributed by atoms with van der Waals surface area (Å²) in [5.41, 5.74) is -1.90. The number of halogens is 4. The van der Waals surface area contributed by atoms with Crippen molar-refractivity contribution in [1.29, 1.82) is 0 Å². The molecule has 0 heterocycles. The first-order chi connectivity index (χ1) is 6.38. The van der Waals surface area contributed by atoms with Crippen molar-refractivity contribution in [3.63, 3.8) is 0 Å². The van der Waals surface area contributed by atoms with Crippen LogP contribution < -0.4 is 0 Å². The van der Waals surface area contributed by atoms with Crippen molar-refractivity contribution in [3.8, 4) is 0 Å². The Hall–Kier alpha value is -1.14. The maximum Gasteiger partial charge on any atom is 0.383 e. The summed E-state index contributed by atoms with van der Waals surface area (Å²) in [6.07, 6.45) is -4.43. The van der Waals surface area contributed by atoms with Crippen molar-refractivity contribution in [3.05, 3.63) is 34.9 Å². The zero-order chi connectivity index (χ0) is 10.9. The summed E-state index contributed by atoms with van der Waals surface area (Å²) in [7, 11) is 0. The van der Waals surface area contributed by atoms with E-state index < -0.39 is 35.5 Å². The Kier molecular flexibility index (Phi) is 2.77. The van der Waals surface area contributed by atoms with Crippen LogP contribution in [-0.2, 0) is 12.7 Å². The molecule has 2 N–H and O–H groups in total. The number of rotatable bonds is 2. The Morgan fingerprint density at radius 3 is 2.14 bits per heavy atom. The summed E-state index contributed by atoms with van der Waals surface area (Å²) < 4.78 is 50.1. The highest BCUT2D eigenvalue weighted by molar-refractivity contribution is 5.27. The summed E-state index contributed by atoms with van der Waals surface area (Å²) in [6, 6.07) is 1.29. The van der Waals surface area contributed by atoms with Gasteiger partial charge in [0.15, 0.2) is 11.6 Å². The van der Waals surface area contributed by atoms with E-state index in [4.69, 9.17) is 10.2 Å². The third-order valence-corrected chi connectivity index (χ3v) is 1.66. The normalized spacial score (nSPS) is 11.9. The minimum atomic E-state index is -4.43. The fourth-order valence-corrected chi connectivity index (χ4v) is 0.944. The summed E-state index contributed by atoms with van der Waals surface area (Å²) >= 11 is 0. The second-order valence-electron chi connectivity index (χ2n) is 2.60. The third kappa shape index (κ3) is 1.85. The van der Waals surface area contributed by atoms with Crippen LogP contribution in [0.15, 0.2) is 12.1 Å². The molecule has 2 nitrogen and oxygen atoms in total. The molecule has 78 valence electrons. The first-order valence-electron chi connectivity index (χ1n) is 3.56. The van der Waals surface area contributed by atoms with E-state index >= 15 is 0 Å². The average molecular weight is 210 g/mol. The molecule has 0 saturated heterocycles. The number of aliphatic hydroxyl groups is 2. The lowest BCUT2D eigenvalue weighted by molar-refractivity contribution is -0.210. The van der Waals surface area contributed by atoms with Gasteiger partial charge in [0.05, 0.1) is 12.2 Å². The highest BCUT2D eigenvalue weighted by Gasteiger charge is 2.33. The minimum Gasteiger partial charge on any atom is -0.392 e. The van der Waals surface area contributed by atoms with Gasteiger partial charge in [-0.1, -0.05) is 6.07 Å². The predicted octanol–water partition coefficient (Wildman–Crippen LogP) is 1.50. The Bertz CT molecular complexity index is 346. The van der Waals surface area contributed by atoms with Gasteiger partial charge in [-0.05, 0) is 6.07 Å². The van der Waals surface area contributed by atoms with Gasteiger partial charge in [0.25, 0.3) is 0 Å². The lowest BCUT2D eigenvalue weighted by Gasteiger charge is -2.11. The molecular formula is C8H6F4O2. The van der Waals surface area contributed by atoms with E-state index in [0.717, 1.165) is 6.07 Å². The molecule has 0 bridgehead atoms. The van der Waals surface area contributed by atoms with Crippen LogP contribution in [-0.4, -0.2) is 10.2 Å². The van der Waals surface area contributed by atoms with Gasteiger partial charge in [-0.3, -0.25) is 0 Å². The van der Waals surface area contributed by atoms with E-state index in [9.17, 15) is 17.6 Å². The second-order valence-corrected chi connectivity index (χ2v) is 2.60. The van der Waals surface area contributed by atoms with Crippen LogP contribution in [0.1, 0.15) is 11.1 Å². The topological polar surface area (TPSA) is 40.5 Å². The van der Waals surface area contributed by atoms with Crippen LogP contribution in [0.25, 0.3) is 0 Å². The van der Waals surface area contributed by atoms with Gasteiger partial charge < -0.3 is 10.2 Å². The molecule has 6 heteroatoms. The molecule has 0 atom stereocenters. The van der Waals surface area contributed by atoms with Crippen molar-refractivity contribution in [2.24, 2.45) is 0 Å².